The summed E-state index contributed by atoms with van der Waals surface area (Å²) in [5, 5.41) is 15.5. The van der Waals surface area contributed by atoms with Crippen LogP contribution < -0.4 is 10.6 Å². The lowest BCUT2D eigenvalue weighted by molar-refractivity contribution is -0.121. The van der Waals surface area contributed by atoms with Gasteiger partial charge in [0.2, 0.25) is 5.91 Å². The monoisotopic (exact) mass is 306 g/mol. The van der Waals surface area contributed by atoms with Gasteiger partial charge in [-0.1, -0.05) is 38.5 Å². The topological polar surface area (TPSA) is 78.4 Å². The Morgan fingerprint density at radius 2 is 1.91 bits per heavy atom. The Labute approximate surface area is 132 Å². The van der Waals surface area contributed by atoms with Crippen molar-refractivity contribution < 1.29 is 14.7 Å². The van der Waals surface area contributed by atoms with Crippen molar-refractivity contribution in [1.29, 1.82) is 0 Å². The quantitative estimate of drug-likeness (QED) is 0.716. The number of hydrogen-bond acceptors (Lipinski definition) is 3. The van der Waals surface area contributed by atoms with Crippen LogP contribution in [0, 0.1) is 12.8 Å². The van der Waals surface area contributed by atoms with Crippen LogP contribution in [-0.2, 0) is 4.79 Å². The molecule has 0 aliphatic carbocycles. The molecule has 1 rings (SSSR count). The molecule has 1 aromatic rings. The molecule has 122 valence electrons. The Hall–Kier alpha value is -1.88. The van der Waals surface area contributed by atoms with E-state index in [0.717, 1.165) is 12.0 Å². The van der Waals surface area contributed by atoms with Crippen molar-refractivity contribution in [1.82, 2.24) is 10.6 Å². The van der Waals surface area contributed by atoms with Crippen molar-refractivity contribution in [3.63, 3.8) is 0 Å². The molecule has 2 amide bonds. The van der Waals surface area contributed by atoms with Crippen LogP contribution in [0.25, 0.3) is 0 Å². The molecule has 0 spiro atoms. The third-order valence-electron chi connectivity index (χ3n) is 4.12. The molecule has 0 radical (unpaired) electrons. The summed E-state index contributed by atoms with van der Waals surface area (Å²) in [5.41, 5.74) is 0.465. The summed E-state index contributed by atoms with van der Waals surface area (Å²) in [4.78, 5) is 23.8. The molecule has 0 aliphatic heterocycles. The Bertz CT molecular complexity index is 526. The van der Waals surface area contributed by atoms with E-state index in [0.29, 0.717) is 5.56 Å². The third-order valence-corrected chi connectivity index (χ3v) is 4.12. The number of amides is 2. The van der Waals surface area contributed by atoms with E-state index in [2.05, 4.69) is 10.6 Å². The highest BCUT2D eigenvalue weighted by atomic mass is 16.3. The van der Waals surface area contributed by atoms with E-state index in [-0.39, 0.29) is 30.8 Å². The van der Waals surface area contributed by atoms with Crippen LogP contribution in [0.2, 0.25) is 0 Å². The number of carbonyl (C=O) groups excluding carboxylic acids is 2. The maximum absolute atomic E-state index is 12.0. The summed E-state index contributed by atoms with van der Waals surface area (Å²) in [7, 11) is 0. The Kier molecular flexibility index (Phi) is 6.56. The second kappa shape index (κ2) is 7.94. The van der Waals surface area contributed by atoms with Crippen LogP contribution in [-0.4, -0.2) is 35.6 Å². The van der Waals surface area contributed by atoms with Crippen LogP contribution in [0.1, 0.15) is 43.1 Å². The van der Waals surface area contributed by atoms with E-state index in [1.165, 1.54) is 0 Å². The fraction of sp³-hybridized carbons (Fsp3) is 0.529. The minimum Gasteiger partial charge on any atom is -0.388 e. The van der Waals surface area contributed by atoms with E-state index in [1.807, 2.05) is 32.9 Å². The lowest BCUT2D eigenvalue weighted by Crippen LogP contribution is -2.47. The average Bonchev–Trinajstić information content (AvgIpc) is 2.50. The number of aliphatic hydroxyl groups is 1. The minimum absolute atomic E-state index is 0.0781. The van der Waals surface area contributed by atoms with Crippen LogP contribution in [0.3, 0.4) is 0 Å². The second-order valence-corrected chi connectivity index (χ2v) is 5.94. The molecule has 0 fully saturated rings. The summed E-state index contributed by atoms with van der Waals surface area (Å²) in [6.45, 7) is 7.53. The maximum atomic E-state index is 12.0. The number of nitrogens with one attached hydrogen (secondary N) is 2. The standard InChI is InChI=1S/C17H26N2O3/c1-5-13(3)17(4,22)11-19-15(20)10-18-16(21)14-9-7-6-8-12(14)2/h6-9,13,22H,5,10-11H2,1-4H3,(H,18,21)(H,19,20). The van der Waals surface area contributed by atoms with Gasteiger partial charge in [0, 0.05) is 12.1 Å². The molecule has 5 heteroatoms. The van der Waals surface area contributed by atoms with E-state index in [1.54, 1.807) is 19.1 Å². The zero-order valence-corrected chi connectivity index (χ0v) is 13.8. The Balaban J connectivity index is 2.44. The molecule has 0 saturated heterocycles. The van der Waals surface area contributed by atoms with Crippen molar-refractivity contribution in [2.75, 3.05) is 13.1 Å². The molecule has 22 heavy (non-hydrogen) atoms. The van der Waals surface area contributed by atoms with Gasteiger partial charge in [0.05, 0.1) is 12.1 Å². The first-order chi connectivity index (χ1) is 10.3. The molecule has 1 aromatic carbocycles. The van der Waals surface area contributed by atoms with Gasteiger partial charge in [-0.2, -0.15) is 0 Å². The van der Waals surface area contributed by atoms with E-state index < -0.39 is 5.60 Å². The van der Waals surface area contributed by atoms with Crippen molar-refractivity contribution >= 4 is 11.8 Å². The first-order valence-corrected chi connectivity index (χ1v) is 7.60. The highest BCUT2D eigenvalue weighted by molar-refractivity contribution is 5.97. The van der Waals surface area contributed by atoms with Gasteiger partial charge in [-0.3, -0.25) is 9.59 Å². The van der Waals surface area contributed by atoms with Crippen LogP contribution >= 0.6 is 0 Å². The molecule has 2 unspecified atom stereocenters. The third kappa shape index (κ3) is 5.15. The summed E-state index contributed by atoms with van der Waals surface area (Å²) < 4.78 is 0. The average molecular weight is 306 g/mol. The molecule has 0 aliphatic rings. The number of hydrogen-bond donors (Lipinski definition) is 3. The van der Waals surface area contributed by atoms with Crippen molar-refractivity contribution in [2.24, 2.45) is 5.92 Å². The van der Waals surface area contributed by atoms with Crippen LogP contribution in [0.4, 0.5) is 0 Å². The van der Waals surface area contributed by atoms with E-state index >= 15 is 0 Å². The second-order valence-electron chi connectivity index (χ2n) is 5.94. The molecule has 0 bridgehead atoms. The number of aryl methyl sites for hydroxylation is 1. The molecule has 0 saturated carbocycles. The molecule has 0 heterocycles. The highest BCUT2D eigenvalue weighted by Crippen LogP contribution is 2.18. The molecular weight excluding hydrogens is 280 g/mol. The van der Waals surface area contributed by atoms with Crippen molar-refractivity contribution in [3.05, 3.63) is 35.4 Å². The smallest absolute Gasteiger partial charge is 0.251 e. The summed E-state index contributed by atoms with van der Waals surface area (Å²) >= 11 is 0. The van der Waals surface area contributed by atoms with Gasteiger partial charge in [0.1, 0.15) is 0 Å². The first-order valence-electron chi connectivity index (χ1n) is 7.60. The highest BCUT2D eigenvalue weighted by Gasteiger charge is 2.27. The lowest BCUT2D eigenvalue weighted by Gasteiger charge is -2.29. The zero-order chi connectivity index (χ0) is 16.8. The SMILES string of the molecule is CCC(C)C(C)(O)CNC(=O)CNC(=O)c1ccccc1C. The summed E-state index contributed by atoms with van der Waals surface area (Å²) in [6, 6.07) is 7.20. The molecule has 3 N–H and O–H groups in total. The van der Waals surface area contributed by atoms with Gasteiger partial charge < -0.3 is 15.7 Å². The lowest BCUT2D eigenvalue weighted by atomic mass is 9.89. The predicted octanol–water partition coefficient (Wildman–Crippen LogP) is 1.64. The molecule has 5 nitrogen and oxygen atoms in total. The summed E-state index contributed by atoms with van der Waals surface area (Å²) in [6.07, 6.45) is 0.826. The van der Waals surface area contributed by atoms with E-state index in [4.69, 9.17) is 0 Å². The number of benzene rings is 1. The van der Waals surface area contributed by atoms with Gasteiger partial charge in [0.15, 0.2) is 0 Å². The Morgan fingerprint density at radius 3 is 2.50 bits per heavy atom. The van der Waals surface area contributed by atoms with Crippen molar-refractivity contribution in [3.8, 4) is 0 Å². The van der Waals surface area contributed by atoms with Gasteiger partial charge in [-0.05, 0) is 31.4 Å². The van der Waals surface area contributed by atoms with Gasteiger partial charge in [-0.15, -0.1) is 0 Å². The zero-order valence-electron chi connectivity index (χ0n) is 13.8. The summed E-state index contributed by atoms with van der Waals surface area (Å²) in [5.74, 6) is -0.512. The fourth-order valence-electron chi connectivity index (χ4n) is 2.04. The fourth-order valence-corrected chi connectivity index (χ4v) is 2.04. The molecule has 0 aromatic heterocycles. The Morgan fingerprint density at radius 1 is 1.27 bits per heavy atom. The van der Waals surface area contributed by atoms with E-state index in [9.17, 15) is 14.7 Å². The molecule has 2 atom stereocenters. The van der Waals surface area contributed by atoms with Gasteiger partial charge in [0.25, 0.3) is 5.91 Å². The van der Waals surface area contributed by atoms with Crippen molar-refractivity contribution in [2.45, 2.75) is 39.7 Å². The number of carbonyl (C=O) groups is 2. The maximum Gasteiger partial charge on any atom is 0.251 e. The first kappa shape index (κ1) is 18.2. The van der Waals surface area contributed by atoms with Gasteiger partial charge in [-0.25, -0.2) is 0 Å². The predicted molar refractivity (Wildman–Crippen MR) is 86.6 cm³/mol. The molecular formula is C17H26N2O3. The van der Waals surface area contributed by atoms with Crippen LogP contribution in [0.15, 0.2) is 24.3 Å². The normalized spacial score (nSPS) is 14.8. The minimum atomic E-state index is -0.954. The van der Waals surface area contributed by atoms with Gasteiger partial charge >= 0.3 is 0 Å². The van der Waals surface area contributed by atoms with Crippen LogP contribution in [0.5, 0.6) is 0 Å². The number of rotatable bonds is 7. The largest absolute Gasteiger partial charge is 0.388 e.